The van der Waals surface area contributed by atoms with Gasteiger partial charge in [-0.3, -0.25) is 4.79 Å². The number of carbonyl (C=O) groups is 1. The highest BCUT2D eigenvalue weighted by Crippen LogP contribution is 2.44. The summed E-state index contributed by atoms with van der Waals surface area (Å²) in [5.74, 6) is 0.893. The highest BCUT2D eigenvalue weighted by Gasteiger charge is 2.51. The highest BCUT2D eigenvalue weighted by molar-refractivity contribution is 5.83. The van der Waals surface area contributed by atoms with Crippen LogP contribution in [0, 0.1) is 16.7 Å². The summed E-state index contributed by atoms with van der Waals surface area (Å²) in [6.45, 7) is 9.85. The third kappa shape index (κ3) is 3.11. The first kappa shape index (κ1) is 16.8. The molecule has 2 saturated carbocycles. The minimum Gasteiger partial charge on any atom is -0.378 e. The Kier molecular flexibility index (Phi) is 4.99. The van der Waals surface area contributed by atoms with E-state index in [1.807, 2.05) is 6.92 Å². The van der Waals surface area contributed by atoms with Gasteiger partial charge in [0, 0.05) is 24.6 Å². The minimum absolute atomic E-state index is 0.0173. The molecule has 0 aromatic heterocycles. The fraction of sp³-hybridized carbons (Fsp3) is 0.941. The van der Waals surface area contributed by atoms with E-state index in [1.165, 1.54) is 0 Å². The zero-order valence-electron chi connectivity index (χ0n) is 14.1. The van der Waals surface area contributed by atoms with Gasteiger partial charge in [0.1, 0.15) is 0 Å². The molecule has 0 spiro atoms. The molecule has 0 bridgehead atoms. The summed E-state index contributed by atoms with van der Waals surface area (Å²) >= 11 is 0. The van der Waals surface area contributed by atoms with E-state index in [1.54, 1.807) is 0 Å². The minimum atomic E-state index is -0.334. The third-order valence-electron chi connectivity index (χ3n) is 5.95. The number of hydrogen-bond donors (Lipinski definition) is 2. The average molecular weight is 296 g/mol. The Morgan fingerprint density at radius 1 is 1.33 bits per heavy atom. The van der Waals surface area contributed by atoms with Gasteiger partial charge in [-0.25, -0.2) is 0 Å². The van der Waals surface area contributed by atoms with Crippen molar-refractivity contribution in [2.24, 2.45) is 22.5 Å². The molecule has 0 radical (unpaired) electrons. The standard InChI is InChI=1S/C17H32N2O2/c1-5-21-14-10-13(16(14,3)4)19-15(20)17(11-18)8-6-12(2)7-9-17/h12-14H,5-11,18H2,1-4H3,(H,19,20). The van der Waals surface area contributed by atoms with E-state index >= 15 is 0 Å². The number of nitrogens with two attached hydrogens (primary N) is 1. The molecule has 0 heterocycles. The number of ether oxygens (including phenoxy) is 1. The van der Waals surface area contributed by atoms with Crippen LogP contribution in [0.1, 0.15) is 59.8 Å². The SMILES string of the molecule is CCOC1CC(NC(=O)C2(CN)CCC(C)CC2)C1(C)C. The van der Waals surface area contributed by atoms with E-state index in [9.17, 15) is 4.79 Å². The first-order valence-electron chi connectivity index (χ1n) is 8.48. The highest BCUT2D eigenvalue weighted by atomic mass is 16.5. The van der Waals surface area contributed by atoms with Crippen LogP contribution in [0.25, 0.3) is 0 Å². The van der Waals surface area contributed by atoms with Crippen LogP contribution in [0.4, 0.5) is 0 Å². The summed E-state index contributed by atoms with van der Waals surface area (Å²) in [7, 11) is 0. The second-order valence-electron chi connectivity index (χ2n) is 7.69. The van der Waals surface area contributed by atoms with Crippen LogP contribution in [0.3, 0.4) is 0 Å². The van der Waals surface area contributed by atoms with E-state index in [4.69, 9.17) is 10.5 Å². The molecule has 4 nitrogen and oxygen atoms in total. The fourth-order valence-electron chi connectivity index (χ4n) is 3.76. The molecule has 21 heavy (non-hydrogen) atoms. The lowest BCUT2D eigenvalue weighted by atomic mass is 9.63. The predicted molar refractivity (Wildman–Crippen MR) is 84.9 cm³/mol. The summed E-state index contributed by atoms with van der Waals surface area (Å²) in [6, 6.07) is 0.212. The molecule has 2 atom stereocenters. The molecule has 122 valence electrons. The monoisotopic (exact) mass is 296 g/mol. The molecular formula is C17H32N2O2. The number of rotatable bonds is 5. The van der Waals surface area contributed by atoms with E-state index in [0.717, 1.165) is 44.6 Å². The molecule has 2 aliphatic carbocycles. The van der Waals surface area contributed by atoms with Gasteiger partial charge in [0.25, 0.3) is 0 Å². The molecule has 1 amide bonds. The van der Waals surface area contributed by atoms with Gasteiger partial charge < -0.3 is 15.8 Å². The largest absolute Gasteiger partial charge is 0.378 e. The summed E-state index contributed by atoms with van der Waals surface area (Å²) < 4.78 is 5.74. The lowest BCUT2D eigenvalue weighted by Gasteiger charge is -2.52. The second kappa shape index (κ2) is 6.25. The van der Waals surface area contributed by atoms with Crippen molar-refractivity contribution >= 4 is 5.91 Å². The zero-order valence-corrected chi connectivity index (χ0v) is 14.1. The van der Waals surface area contributed by atoms with Crippen molar-refractivity contribution in [1.82, 2.24) is 5.32 Å². The van der Waals surface area contributed by atoms with Crippen LogP contribution in [0.2, 0.25) is 0 Å². The Balaban J connectivity index is 1.95. The molecule has 0 aromatic carbocycles. The molecule has 0 saturated heterocycles. The molecule has 4 heteroatoms. The quantitative estimate of drug-likeness (QED) is 0.819. The lowest BCUT2D eigenvalue weighted by molar-refractivity contribution is -0.146. The van der Waals surface area contributed by atoms with Crippen LogP contribution in [0.15, 0.2) is 0 Å². The molecule has 2 rings (SSSR count). The van der Waals surface area contributed by atoms with Crippen molar-refractivity contribution in [3.63, 3.8) is 0 Å². The van der Waals surface area contributed by atoms with E-state index in [-0.39, 0.29) is 28.9 Å². The van der Waals surface area contributed by atoms with Crippen molar-refractivity contribution in [3.8, 4) is 0 Å². The van der Waals surface area contributed by atoms with Crippen molar-refractivity contribution in [1.29, 1.82) is 0 Å². The number of amides is 1. The molecule has 0 aromatic rings. The van der Waals surface area contributed by atoms with E-state index in [2.05, 4.69) is 26.1 Å². The molecular weight excluding hydrogens is 264 g/mol. The van der Waals surface area contributed by atoms with Crippen LogP contribution in [0.5, 0.6) is 0 Å². The zero-order chi connectivity index (χ0) is 15.7. The van der Waals surface area contributed by atoms with Crippen molar-refractivity contribution < 1.29 is 9.53 Å². The van der Waals surface area contributed by atoms with Crippen molar-refractivity contribution in [2.45, 2.75) is 71.9 Å². The molecule has 2 fully saturated rings. The average Bonchev–Trinajstić information content (AvgIpc) is 2.47. The fourth-order valence-corrected chi connectivity index (χ4v) is 3.76. The Labute approximate surface area is 129 Å². The van der Waals surface area contributed by atoms with Gasteiger partial charge in [-0.15, -0.1) is 0 Å². The van der Waals surface area contributed by atoms with Gasteiger partial charge in [-0.2, -0.15) is 0 Å². The van der Waals surface area contributed by atoms with Crippen LogP contribution < -0.4 is 11.1 Å². The maximum atomic E-state index is 12.8. The van der Waals surface area contributed by atoms with Crippen LogP contribution in [-0.2, 0) is 9.53 Å². The van der Waals surface area contributed by atoms with Gasteiger partial charge in [-0.1, -0.05) is 20.8 Å². The maximum Gasteiger partial charge on any atom is 0.227 e. The lowest BCUT2D eigenvalue weighted by Crippen LogP contribution is -2.64. The van der Waals surface area contributed by atoms with E-state index in [0.29, 0.717) is 6.54 Å². The van der Waals surface area contributed by atoms with E-state index < -0.39 is 0 Å². The van der Waals surface area contributed by atoms with Gasteiger partial charge in [0.2, 0.25) is 5.91 Å². The predicted octanol–water partition coefficient (Wildman–Crippen LogP) is 2.46. The Morgan fingerprint density at radius 3 is 2.43 bits per heavy atom. The molecule has 0 aliphatic heterocycles. The summed E-state index contributed by atoms with van der Waals surface area (Å²) in [4.78, 5) is 12.8. The van der Waals surface area contributed by atoms with Crippen LogP contribution >= 0.6 is 0 Å². The second-order valence-corrected chi connectivity index (χ2v) is 7.69. The van der Waals surface area contributed by atoms with Gasteiger partial charge in [0.15, 0.2) is 0 Å². The first-order valence-corrected chi connectivity index (χ1v) is 8.48. The summed E-state index contributed by atoms with van der Waals surface area (Å²) in [5.41, 5.74) is 5.66. The number of hydrogen-bond acceptors (Lipinski definition) is 3. The smallest absolute Gasteiger partial charge is 0.227 e. The van der Waals surface area contributed by atoms with Gasteiger partial charge in [0.05, 0.1) is 11.5 Å². The maximum absolute atomic E-state index is 12.8. The topological polar surface area (TPSA) is 64.3 Å². The van der Waals surface area contributed by atoms with Gasteiger partial charge >= 0.3 is 0 Å². The van der Waals surface area contributed by atoms with Crippen molar-refractivity contribution in [3.05, 3.63) is 0 Å². The third-order valence-corrected chi connectivity index (χ3v) is 5.95. The number of carbonyl (C=O) groups excluding carboxylic acids is 1. The normalized spacial score (nSPS) is 38.6. The summed E-state index contributed by atoms with van der Waals surface area (Å²) in [6.07, 6.45) is 5.26. The molecule has 3 N–H and O–H groups in total. The van der Waals surface area contributed by atoms with Crippen LogP contribution in [-0.4, -0.2) is 31.2 Å². The summed E-state index contributed by atoms with van der Waals surface area (Å²) in [5, 5.41) is 3.27. The van der Waals surface area contributed by atoms with Crippen molar-refractivity contribution in [2.75, 3.05) is 13.2 Å². The first-order chi connectivity index (χ1) is 9.85. The molecule has 2 aliphatic rings. The Hall–Kier alpha value is -0.610. The Morgan fingerprint density at radius 2 is 1.95 bits per heavy atom. The molecule has 2 unspecified atom stereocenters. The Bertz CT molecular complexity index is 373. The number of nitrogens with one attached hydrogen (secondary N) is 1. The van der Waals surface area contributed by atoms with Gasteiger partial charge in [-0.05, 0) is 44.9 Å².